The molecule has 144 valence electrons. The second-order valence-electron chi connectivity index (χ2n) is 7.40. The molecule has 0 fully saturated rings. The zero-order chi connectivity index (χ0) is 18.9. The van der Waals surface area contributed by atoms with Crippen molar-refractivity contribution >= 4 is 17.9 Å². The third-order valence-electron chi connectivity index (χ3n) is 4.70. The van der Waals surface area contributed by atoms with E-state index in [-0.39, 0.29) is 0 Å². The Hall–Kier alpha value is -1.25. The molecule has 2 N–H and O–H groups in total. The van der Waals surface area contributed by atoms with Crippen LogP contribution in [0.4, 0.5) is 0 Å². The van der Waals surface area contributed by atoms with Gasteiger partial charge in [0.1, 0.15) is 0 Å². The van der Waals surface area contributed by atoms with E-state index in [1.54, 1.807) is 24.3 Å². The van der Waals surface area contributed by atoms with E-state index in [4.69, 9.17) is 4.52 Å². The zero-order valence-corrected chi connectivity index (χ0v) is 16.9. The van der Waals surface area contributed by atoms with E-state index in [0.717, 1.165) is 18.8 Å². The van der Waals surface area contributed by atoms with Gasteiger partial charge < -0.3 is 0 Å². The standard InChI is InChI=1S/C22H33O3P/c1-20(2)14-8-4-3-5-13-19-25-26(23,24,21-15-9-6-10-16-21)22-17-11-7-12-18-22/h6-7,9-12,15-18,20,23-24H,3-5,8,13-14,19H2,1-2H3. The fourth-order valence-corrected chi connectivity index (χ4v) is 5.60. The first-order valence-electron chi connectivity index (χ1n) is 9.70. The van der Waals surface area contributed by atoms with Crippen LogP contribution in [0.3, 0.4) is 0 Å². The second kappa shape index (κ2) is 9.62. The van der Waals surface area contributed by atoms with Crippen LogP contribution in [0.5, 0.6) is 0 Å². The van der Waals surface area contributed by atoms with Gasteiger partial charge in [-0.15, -0.1) is 0 Å². The van der Waals surface area contributed by atoms with E-state index < -0.39 is 7.28 Å². The minimum atomic E-state index is -4.59. The second-order valence-corrected chi connectivity index (χ2v) is 10.6. The summed E-state index contributed by atoms with van der Waals surface area (Å²) in [6.45, 7) is 4.86. The summed E-state index contributed by atoms with van der Waals surface area (Å²) in [5.74, 6) is 0.768. The molecule has 0 saturated carbocycles. The van der Waals surface area contributed by atoms with Gasteiger partial charge in [0.2, 0.25) is 0 Å². The van der Waals surface area contributed by atoms with Gasteiger partial charge in [-0.3, -0.25) is 0 Å². The fourth-order valence-electron chi connectivity index (χ4n) is 3.11. The Morgan fingerprint density at radius 2 is 1.19 bits per heavy atom. The van der Waals surface area contributed by atoms with Gasteiger partial charge in [-0.05, 0) is 0 Å². The van der Waals surface area contributed by atoms with Crippen LogP contribution in [0.1, 0.15) is 52.4 Å². The van der Waals surface area contributed by atoms with Crippen molar-refractivity contribution in [2.45, 2.75) is 52.4 Å². The first-order valence-corrected chi connectivity index (χ1v) is 11.8. The summed E-state index contributed by atoms with van der Waals surface area (Å²) >= 11 is 0. The maximum absolute atomic E-state index is 11.4. The molecule has 0 aliphatic rings. The molecule has 0 aliphatic carbocycles. The fraction of sp³-hybridized carbons (Fsp3) is 0.455. The Morgan fingerprint density at radius 3 is 1.69 bits per heavy atom. The monoisotopic (exact) mass is 376 g/mol. The molecule has 0 radical (unpaired) electrons. The Kier molecular flexibility index (Phi) is 7.79. The quantitative estimate of drug-likeness (QED) is 0.432. The molecule has 0 aromatic heterocycles. The normalized spacial score (nSPS) is 13.5. The summed E-state index contributed by atoms with van der Waals surface area (Å²) in [5, 5.41) is 0.892. The molecular formula is C22H33O3P. The van der Waals surface area contributed by atoms with Gasteiger partial charge >= 0.3 is 158 Å². The molecule has 0 amide bonds. The molecule has 2 rings (SSSR count). The van der Waals surface area contributed by atoms with E-state index in [1.165, 1.54) is 25.7 Å². The molecule has 0 saturated heterocycles. The van der Waals surface area contributed by atoms with E-state index >= 15 is 0 Å². The molecule has 0 bridgehead atoms. The van der Waals surface area contributed by atoms with Gasteiger partial charge in [0.05, 0.1) is 0 Å². The summed E-state index contributed by atoms with van der Waals surface area (Å²) in [5.41, 5.74) is 0. The summed E-state index contributed by atoms with van der Waals surface area (Å²) in [4.78, 5) is 22.8. The molecule has 0 spiro atoms. The summed E-state index contributed by atoms with van der Waals surface area (Å²) < 4.78 is 5.88. The van der Waals surface area contributed by atoms with Crippen LogP contribution in [0.2, 0.25) is 0 Å². The van der Waals surface area contributed by atoms with Crippen LogP contribution >= 0.6 is 7.28 Å². The number of hydrogen-bond acceptors (Lipinski definition) is 3. The molecule has 0 unspecified atom stereocenters. The average Bonchev–Trinajstić information content (AvgIpc) is 2.65. The van der Waals surface area contributed by atoms with Gasteiger partial charge in [-0.25, -0.2) is 0 Å². The van der Waals surface area contributed by atoms with Crippen molar-refractivity contribution in [3.8, 4) is 0 Å². The molecule has 0 heterocycles. The van der Waals surface area contributed by atoms with Crippen molar-refractivity contribution in [2.75, 3.05) is 6.61 Å². The first-order chi connectivity index (χ1) is 12.4. The Balaban J connectivity index is 1.97. The molecular weight excluding hydrogens is 343 g/mol. The predicted octanol–water partition coefficient (Wildman–Crippen LogP) is 4.93. The van der Waals surface area contributed by atoms with Gasteiger partial charge in [-0.1, -0.05) is 0 Å². The number of unbranched alkanes of at least 4 members (excludes halogenated alkanes) is 4. The predicted molar refractivity (Wildman–Crippen MR) is 112 cm³/mol. The van der Waals surface area contributed by atoms with Crippen LogP contribution in [-0.2, 0) is 4.52 Å². The average molecular weight is 376 g/mol. The summed E-state index contributed by atoms with van der Waals surface area (Å²) in [6, 6.07) is 17.9. The minimum absolute atomic E-state index is 0.346. The Labute approximate surface area is 158 Å². The van der Waals surface area contributed by atoms with Gasteiger partial charge in [0, 0.05) is 0 Å². The molecule has 0 aliphatic heterocycles. The molecule has 0 atom stereocenters. The zero-order valence-electron chi connectivity index (χ0n) is 16.1. The van der Waals surface area contributed by atoms with Crippen molar-refractivity contribution in [3.63, 3.8) is 0 Å². The van der Waals surface area contributed by atoms with Gasteiger partial charge in [0.15, 0.2) is 0 Å². The number of hydrogen-bond donors (Lipinski definition) is 2. The Bertz CT molecular complexity index is 597. The number of benzene rings is 2. The van der Waals surface area contributed by atoms with Gasteiger partial charge in [0.25, 0.3) is 0 Å². The van der Waals surface area contributed by atoms with E-state index in [2.05, 4.69) is 13.8 Å². The number of rotatable bonds is 11. The van der Waals surface area contributed by atoms with Crippen LogP contribution in [0, 0.1) is 5.92 Å². The SMILES string of the molecule is CC(C)CCCCCCCOP(O)(O)(c1ccccc1)c1ccccc1. The molecule has 26 heavy (non-hydrogen) atoms. The van der Waals surface area contributed by atoms with Crippen LogP contribution < -0.4 is 10.6 Å². The third kappa shape index (κ3) is 5.62. The molecule has 4 heteroatoms. The van der Waals surface area contributed by atoms with Crippen LogP contribution in [-0.4, -0.2) is 16.4 Å². The van der Waals surface area contributed by atoms with E-state index in [9.17, 15) is 9.79 Å². The van der Waals surface area contributed by atoms with Crippen molar-refractivity contribution in [3.05, 3.63) is 60.7 Å². The van der Waals surface area contributed by atoms with E-state index in [0.29, 0.717) is 17.2 Å². The van der Waals surface area contributed by atoms with E-state index in [1.807, 2.05) is 36.4 Å². The van der Waals surface area contributed by atoms with Crippen molar-refractivity contribution in [1.29, 1.82) is 0 Å². The molecule has 3 nitrogen and oxygen atoms in total. The topological polar surface area (TPSA) is 49.7 Å². The first kappa shape index (κ1) is 21.1. The Morgan fingerprint density at radius 1 is 0.731 bits per heavy atom. The van der Waals surface area contributed by atoms with Crippen molar-refractivity contribution in [2.24, 2.45) is 5.92 Å². The van der Waals surface area contributed by atoms with Gasteiger partial charge in [-0.2, -0.15) is 0 Å². The molecule has 2 aromatic rings. The third-order valence-corrected chi connectivity index (χ3v) is 7.83. The van der Waals surface area contributed by atoms with Crippen molar-refractivity contribution in [1.82, 2.24) is 0 Å². The van der Waals surface area contributed by atoms with Crippen LogP contribution in [0.15, 0.2) is 60.7 Å². The van der Waals surface area contributed by atoms with Crippen LogP contribution in [0.25, 0.3) is 0 Å². The summed E-state index contributed by atoms with van der Waals surface area (Å²) in [7, 11) is -4.59. The summed E-state index contributed by atoms with van der Waals surface area (Å²) in [6.07, 6.45) is 6.83. The van der Waals surface area contributed by atoms with Crippen molar-refractivity contribution < 1.29 is 14.3 Å². The molecule has 2 aromatic carbocycles. The maximum atomic E-state index is 11.4.